The number of hydrogen-bond donors (Lipinski definition) is 10. The Bertz CT molecular complexity index is 1500. The van der Waals surface area contributed by atoms with Crippen LogP contribution in [0.15, 0.2) is 45.6 Å². The van der Waals surface area contributed by atoms with Gasteiger partial charge in [-0.3, -0.25) is 4.79 Å². The monoisotopic (exact) mass is 610 g/mol. The van der Waals surface area contributed by atoms with Gasteiger partial charge in [-0.15, -0.1) is 0 Å². The minimum absolute atomic E-state index is 0.0828. The zero-order chi connectivity index (χ0) is 31.2. The summed E-state index contributed by atoms with van der Waals surface area (Å²) in [7, 11) is 0. The highest BCUT2D eigenvalue weighted by atomic mass is 16.7. The zero-order valence-electron chi connectivity index (χ0n) is 22.1. The van der Waals surface area contributed by atoms with Gasteiger partial charge in [0.15, 0.2) is 16.9 Å². The molecule has 2 aromatic carbocycles. The first kappa shape index (κ1) is 30.9. The summed E-state index contributed by atoms with van der Waals surface area (Å²) in [4.78, 5) is 12.9. The van der Waals surface area contributed by atoms with Crippen molar-refractivity contribution in [3.8, 4) is 34.3 Å². The van der Waals surface area contributed by atoms with Gasteiger partial charge in [-0.05, 0) is 18.2 Å². The van der Waals surface area contributed by atoms with Gasteiger partial charge in [0.2, 0.25) is 12.6 Å². The fraction of sp³-hybridized carbons (Fsp3) is 0.444. The molecule has 0 radical (unpaired) electrons. The van der Waals surface area contributed by atoms with E-state index < -0.39 is 91.6 Å². The van der Waals surface area contributed by atoms with Crippen molar-refractivity contribution >= 4 is 11.0 Å². The third-order valence-corrected chi connectivity index (χ3v) is 7.22. The summed E-state index contributed by atoms with van der Waals surface area (Å²) in [6, 6.07) is 7.02. The Labute approximate surface area is 241 Å². The lowest BCUT2D eigenvalue weighted by molar-refractivity contribution is -0.277. The van der Waals surface area contributed by atoms with Gasteiger partial charge >= 0.3 is 0 Å². The van der Waals surface area contributed by atoms with E-state index in [9.17, 15) is 55.9 Å². The summed E-state index contributed by atoms with van der Waals surface area (Å²) in [6.45, 7) is -1.39. The lowest BCUT2D eigenvalue weighted by Gasteiger charge is -2.39. The van der Waals surface area contributed by atoms with Crippen molar-refractivity contribution in [2.75, 3.05) is 13.2 Å². The SMILES string of the molecule is O=c1cc(-c2ccc(O)c(O[C@@H]3O[C@@H](CO)[C@@H](O)[C@@H](O)[C@H]3O)c2)oc2cc(O[C@@H]3O[C@H](CO)[C@@H](O)[C@@H](O)[C@@H]3O)cc(O)c12. The molecule has 16 nitrogen and oxygen atoms in total. The number of rotatable bonds is 7. The van der Waals surface area contributed by atoms with Gasteiger partial charge < -0.3 is 74.4 Å². The molecule has 43 heavy (non-hydrogen) atoms. The summed E-state index contributed by atoms with van der Waals surface area (Å²) < 4.78 is 27.5. The van der Waals surface area contributed by atoms with E-state index in [0.29, 0.717) is 0 Å². The molecule has 10 atom stereocenters. The molecule has 2 aliphatic rings. The first-order chi connectivity index (χ1) is 20.4. The van der Waals surface area contributed by atoms with Crippen LogP contribution in [-0.4, -0.2) is 126 Å². The molecule has 0 saturated carbocycles. The van der Waals surface area contributed by atoms with Gasteiger partial charge in [-0.2, -0.15) is 0 Å². The maximum absolute atomic E-state index is 12.9. The predicted molar refractivity (Wildman–Crippen MR) is 140 cm³/mol. The average Bonchev–Trinajstić information content (AvgIpc) is 2.98. The molecule has 5 rings (SSSR count). The van der Waals surface area contributed by atoms with Crippen LogP contribution in [0, 0.1) is 0 Å². The Balaban J connectivity index is 1.45. The van der Waals surface area contributed by atoms with Crippen LogP contribution in [0.25, 0.3) is 22.3 Å². The molecule has 3 aromatic rings. The molecule has 0 amide bonds. The summed E-state index contributed by atoms with van der Waals surface area (Å²) in [5.41, 5.74) is -0.708. The Hall–Kier alpha value is -3.55. The normalized spacial score (nSPS) is 32.9. The van der Waals surface area contributed by atoms with Crippen molar-refractivity contribution in [3.63, 3.8) is 0 Å². The van der Waals surface area contributed by atoms with Gasteiger partial charge in [0, 0.05) is 23.8 Å². The predicted octanol–water partition coefficient (Wildman–Crippen LogP) is -2.77. The molecule has 3 heterocycles. The van der Waals surface area contributed by atoms with Crippen LogP contribution in [0.3, 0.4) is 0 Å². The van der Waals surface area contributed by atoms with Gasteiger partial charge in [-0.25, -0.2) is 0 Å². The summed E-state index contributed by atoms with van der Waals surface area (Å²) in [5, 5.41) is 99.9. The highest BCUT2D eigenvalue weighted by Crippen LogP contribution is 2.37. The van der Waals surface area contributed by atoms with E-state index in [-0.39, 0.29) is 33.8 Å². The molecule has 2 saturated heterocycles. The molecule has 0 bridgehead atoms. The van der Waals surface area contributed by atoms with E-state index in [0.717, 1.165) is 12.1 Å². The van der Waals surface area contributed by atoms with Crippen LogP contribution in [-0.2, 0) is 9.47 Å². The van der Waals surface area contributed by atoms with Gasteiger partial charge in [-0.1, -0.05) is 0 Å². The third-order valence-electron chi connectivity index (χ3n) is 7.22. The van der Waals surface area contributed by atoms with Crippen molar-refractivity contribution in [3.05, 3.63) is 46.6 Å². The number of phenols is 2. The molecule has 2 fully saturated rings. The first-order valence-corrected chi connectivity index (χ1v) is 13.0. The molecule has 10 N–H and O–H groups in total. The van der Waals surface area contributed by atoms with Crippen molar-refractivity contribution in [1.82, 2.24) is 0 Å². The highest BCUT2D eigenvalue weighted by molar-refractivity contribution is 5.86. The van der Waals surface area contributed by atoms with Gasteiger partial charge in [0.25, 0.3) is 0 Å². The maximum Gasteiger partial charge on any atom is 0.229 e. The van der Waals surface area contributed by atoms with Crippen LogP contribution in [0.2, 0.25) is 0 Å². The van der Waals surface area contributed by atoms with Crippen molar-refractivity contribution in [2.24, 2.45) is 0 Å². The fourth-order valence-electron chi connectivity index (χ4n) is 4.80. The number of hydrogen-bond acceptors (Lipinski definition) is 16. The number of phenolic OH excluding ortho intramolecular Hbond substituents is 2. The molecule has 234 valence electrons. The van der Waals surface area contributed by atoms with Crippen LogP contribution in [0.5, 0.6) is 23.0 Å². The number of ether oxygens (including phenoxy) is 4. The second-order valence-corrected chi connectivity index (χ2v) is 10.1. The smallest absolute Gasteiger partial charge is 0.229 e. The van der Waals surface area contributed by atoms with Gasteiger partial charge in [0.05, 0.1) is 13.2 Å². The summed E-state index contributed by atoms with van der Waals surface area (Å²) >= 11 is 0. The van der Waals surface area contributed by atoms with Crippen molar-refractivity contribution in [1.29, 1.82) is 0 Å². The third kappa shape index (κ3) is 5.85. The number of aromatic hydroxyl groups is 2. The van der Waals surface area contributed by atoms with Crippen LogP contribution < -0.4 is 14.9 Å². The van der Waals surface area contributed by atoms with Crippen LogP contribution in [0.1, 0.15) is 0 Å². The lowest BCUT2D eigenvalue weighted by Crippen LogP contribution is -2.60. The van der Waals surface area contributed by atoms with E-state index in [1.165, 1.54) is 24.3 Å². The van der Waals surface area contributed by atoms with E-state index >= 15 is 0 Å². The Morgan fingerprint density at radius 2 is 1.26 bits per heavy atom. The van der Waals surface area contributed by atoms with Crippen molar-refractivity contribution < 1.29 is 74.4 Å². The summed E-state index contributed by atoms with van der Waals surface area (Å²) in [5.74, 6) is -1.54. The fourth-order valence-corrected chi connectivity index (χ4v) is 4.80. The van der Waals surface area contributed by atoms with E-state index in [1.54, 1.807) is 0 Å². The Kier molecular flexibility index (Phi) is 8.77. The first-order valence-electron chi connectivity index (χ1n) is 13.0. The Morgan fingerprint density at radius 3 is 1.84 bits per heavy atom. The number of fused-ring (bicyclic) bond motifs is 1. The number of aliphatic hydroxyl groups is 8. The highest BCUT2D eigenvalue weighted by Gasteiger charge is 2.46. The quantitative estimate of drug-likeness (QED) is 0.130. The van der Waals surface area contributed by atoms with E-state index in [4.69, 9.17) is 23.4 Å². The second-order valence-electron chi connectivity index (χ2n) is 10.1. The van der Waals surface area contributed by atoms with Crippen LogP contribution in [0.4, 0.5) is 0 Å². The molecular weight excluding hydrogens is 580 g/mol. The average molecular weight is 611 g/mol. The van der Waals surface area contributed by atoms with Crippen molar-refractivity contribution in [2.45, 2.75) is 61.4 Å². The molecule has 0 spiro atoms. The lowest BCUT2D eigenvalue weighted by atomic mass is 9.99. The molecule has 1 aromatic heterocycles. The number of benzene rings is 2. The molecule has 0 aliphatic carbocycles. The largest absolute Gasteiger partial charge is 0.507 e. The zero-order valence-corrected chi connectivity index (χ0v) is 22.1. The second kappa shape index (κ2) is 12.2. The van der Waals surface area contributed by atoms with Gasteiger partial charge in [0.1, 0.15) is 77.1 Å². The van der Waals surface area contributed by atoms with E-state index in [2.05, 4.69) is 0 Å². The summed E-state index contributed by atoms with van der Waals surface area (Å²) in [6.07, 6.45) is -15.9. The van der Waals surface area contributed by atoms with Crippen LogP contribution >= 0.6 is 0 Å². The molecular formula is C27H30O16. The topological polar surface area (TPSA) is 269 Å². The molecule has 16 heteroatoms. The Morgan fingerprint density at radius 1 is 0.674 bits per heavy atom. The minimum Gasteiger partial charge on any atom is -0.507 e. The molecule has 2 aliphatic heterocycles. The minimum atomic E-state index is -1.76. The maximum atomic E-state index is 12.9. The van der Waals surface area contributed by atoms with E-state index in [1.807, 2.05) is 0 Å². The standard InChI is InChI=1S/C27H30O16/c28-7-17-20(33)22(35)24(37)26(42-17)39-10-4-12(31)19-13(32)6-14(40-16(19)5-10)9-1-2-11(30)15(3-9)41-27-25(38)23(36)21(34)18(8-29)43-27/h1-6,17-18,20-31,33-38H,7-8H2/t17-,18+,20-,21-,22-,23-,24+,25-,26-,27-/m1/s1. The molecule has 0 unspecified atom stereocenters. The number of aliphatic hydroxyl groups excluding tert-OH is 8.